The Morgan fingerprint density at radius 1 is 1.03 bits per heavy atom. The summed E-state index contributed by atoms with van der Waals surface area (Å²) in [6.45, 7) is 12.5. The number of carbonyl (C=O) groups excluding carboxylic acids is 2. The minimum atomic E-state index is -0.605. The van der Waals surface area contributed by atoms with Gasteiger partial charge in [0.15, 0.2) is 0 Å². The van der Waals surface area contributed by atoms with Crippen LogP contribution in [0.2, 0.25) is 0 Å². The summed E-state index contributed by atoms with van der Waals surface area (Å²) in [5.41, 5.74) is -0.324. The van der Waals surface area contributed by atoms with Gasteiger partial charge < -0.3 is 10.2 Å². The van der Waals surface area contributed by atoms with E-state index in [4.69, 9.17) is 0 Å². The lowest BCUT2D eigenvalue weighted by Gasteiger charge is -2.48. The SMILES string of the molecule is CC(C)N1C[C@@H](C(=O)N2CCC(C(=O)NC(C)(C)C)(C3CCCCC3)CC2)[C@H](c2ccc(F)cc2F)C1. The van der Waals surface area contributed by atoms with Crippen LogP contribution >= 0.6 is 0 Å². The van der Waals surface area contributed by atoms with Crippen molar-refractivity contribution in [2.24, 2.45) is 17.3 Å². The normalized spacial score (nSPS) is 25.5. The van der Waals surface area contributed by atoms with Gasteiger partial charge in [0.2, 0.25) is 11.8 Å². The molecule has 1 aromatic carbocycles. The van der Waals surface area contributed by atoms with E-state index in [0.29, 0.717) is 50.5 Å². The molecule has 7 heteroatoms. The highest BCUT2D eigenvalue weighted by Crippen LogP contribution is 2.47. The van der Waals surface area contributed by atoms with Gasteiger partial charge in [0.05, 0.1) is 11.3 Å². The zero-order chi connectivity index (χ0) is 27.0. The smallest absolute Gasteiger partial charge is 0.227 e. The van der Waals surface area contributed by atoms with Crippen molar-refractivity contribution in [2.75, 3.05) is 26.2 Å². The minimum Gasteiger partial charge on any atom is -0.351 e. The Balaban J connectivity index is 1.54. The molecule has 2 aliphatic heterocycles. The number of nitrogens with one attached hydrogen (secondary N) is 1. The molecule has 2 atom stereocenters. The number of likely N-dealkylation sites (tertiary alicyclic amines) is 2. The molecule has 3 fully saturated rings. The highest BCUT2D eigenvalue weighted by molar-refractivity contribution is 5.85. The van der Waals surface area contributed by atoms with Crippen LogP contribution < -0.4 is 5.32 Å². The van der Waals surface area contributed by atoms with Crippen molar-refractivity contribution in [2.45, 2.75) is 97.1 Å². The molecule has 0 spiro atoms. The summed E-state index contributed by atoms with van der Waals surface area (Å²) in [6, 6.07) is 3.93. The predicted octanol–water partition coefficient (Wildman–Crippen LogP) is 5.49. The van der Waals surface area contributed by atoms with Crippen molar-refractivity contribution < 1.29 is 18.4 Å². The summed E-state index contributed by atoms with van der Waals surface area (Å²) in [6.07, 6.45) is 7.04. The van der Waals surface area contributed by atoms with Crippen molar-refractivity contribution in [3.05, 3.63) is 35.4 Å². The molecule has 1 N–H and O–H groups in total. The van der Waals surface area contributed by atoms with Crippen LogP contribution in [0.3, 0.4) is 0 Å². The van der Waals surface area contributed by atoms with Crippen LogP contribution in [-0.4, -0.2) is 59.4 Å². The molecule has 2 amide bonds. The van der Waals surface area contributed by atoms with Crippen molar-refractivity contribution >= 4 is 11.8 Å². The predicted molar refractivity (Wildman–Crippen MR) is 142 cm³/mol. The van der Waals surface area contributed by atoms with Gasteiger partial charge in [0, 0.05) is 49.7 Å². The zero-order valence-corrected chi connectivity index (χ0v) is 23.3. The van der Waals surface area contributed by atoms with E-state index >= 15 is 0 Å². The number of nitrogens with zero attached hydrogens (tertiary/aromatic N) is 2. The number of hydrogen-bond donors (Lipinski definition) is 1. The number of piperidine rings is 1. The van der Waals surface area contributed by atoms with E-state index in [2.05, 4.69) is 24.1 Å². The molecule has 5 nitrogen and oxygen atoms in total. The van der Waals surface area contributed by atoms with Gasteiger partial charge in [-0.2, -0.15) is 0 Å². The van der Waals surface area contributed by atoms with Crippen LogP contribution in [0, 0.1) is 28.9 Å². The van der Waals surface area contributed by atoms with Crippen LogP contribution in [-0.2, 0) is 9.59 Å². The Hall–Kier alpha value is -2.02. The van der Waals surface area contributed by atoms with Crippen molar-refractivity contribution in [3.8, 4) is 0 Å². The standard InChI is InChI=1S/C30H45F2N3O2/c1-20(2)35-18-24(23-12-11-22(31)17-26(23)32)25(19-35)27(36)34-15-13-30(14-16-34,21-9-7-6-8-10-21)28(37)33-29(3,4)5/h11-12,17,20-21,24-25H,6-10,13-16,18-19H2,1-5H3,(H,33,37)/t24-,25+/m0/s1. The van der Waals surface area contributed by atoms with Gasteiger partial charge in [-0.3, -0.25) is 14.5 Å². The lowest BCUT2D eigenvalue weighted by atomic mass is 9.63. The fourth-order valence-corrected chi connectivity index (χ4v) is 6.93. The lowest BCUT2D eigenvalue weighted by Crippen LogP contribution is -2.57. The maximum absolute atomic E-state index is 14.8. The molecule has 37 heavy (non-hydrogen) atoms. The molecule has 0 unspecified atom stereocenters. The Morgan fingerprint density at radius 3 is 2.24 bits per heavy atom. The third kappa shape index (κ3) is 6.02. The van der Waals surface area contributed by atoms with Crippen molar-refractivity contribution in [1.29, 1.82) is 0 Å². The molecule has 0 aromatic heterocycles. The maximum atomic E-state index is 14.8. The van der Waals surface area contributed by atoms with Crippen molar-refractivity contribution in [3.63, 3.8) is 0 Å². The molecule has 2 saturated heterocycles. The largest absolute Gasteiger partial charge is 0.351 e. The van der Waals surface area contributed by atoms with Crippen LogP contribution in [0.5, 0.6) is 0 Å². The fraction of sp³-hybridized carbons (Fsp3) is 0.733. The Morgan fingerprint density at radius 2 is 1.68 bits per heavy atom. The van der Waals surface area contributed by atoms with E-state index in [9.17, 15) is 18.4 Å². The van der Waals surface area contributed by atoms with Crippen LogP contribution in [0.25, 0.3) is 0 Å². The first-order valence-corrected chi connectivity index (χ1v) is 14.2. The number of carbonyl (C=O) groups is 2. The molecule has 0 radical (unpaired) electrons. The van der Waals surface area contributed by atoms with E-state index in [1.807, 2.05) is 25.7 Å². The zero-order valence-electron chi connectivity index (χ0n) is 23.3. The summed E-state index contributed by atoms with van der Waals surface area (Å²) in [5, 5.41) is 3.26. The second kappa shape index (κ2) is 11.0. The average Bonchev–Trinajstić information content (AvgIpc) is 3.28. The molecule has 1 aromatic rings. The third-order valence-corrected chi connectivity index (χ3v) is 9.05. The number of hydrogen-bond acceptors (Lipinski definition) is 3. The summed E-state index contributed by atoms with van der Waals surface area (Å²) < 4.78 is 28.4. The fourth-order valence-electron chi connectivity index (χ4n) is 6.93. The van der Waals surface area contributed by atoms with Gasteiger partial charge >= 0.3 is 0 Å². The summed E-state index contributed by atoms with van der Waals surface area (Å²) in [5.74, 6) is -1.36. The molecular weight excluding hydrogens is 472 g/mol. The first kappa shape index (κ1) is 28.0. The quantitative estimate of drug-likeness (QED) is 0.562. The molecule has 1 aliphatic carbocycles. The number of rotatable bonds is 5. The van der Waals surface area contributed by atoms with Gasteiger partial charge in [0.1, 0.15) is 11.6 Å². The Bertz CT molecular complexity index is 976. The molecule has 1 saturated carbocycles. The van der Waals surface area contributed by atoms with Gasteiger partial charge in [-0.1, -0.05) is 25.3 Å². The van der Waals surface area contributed by atoms with Gasteiger partial charge in [-0.05, 0) is 77.8 Å². The van der Waals surface area contributed by atoms with Gasteiger partial charge in [-0.25, -0.2) is 8.78 Å². The van der Waals surface area contributed by atoms with Gasteiger partial charge in [0.25, 0.3) is 0 Å². The number of amides is 2. The van der Waals surface area contributed by atoms with E-state index in [0.717, 1.165) is 31.7 Å². The second-order valence-electron chi connectivity index (χ2n) is 12.9. The first-order valence-electron chi connectivity index (χ1n) is 14.2. The van der Waals surface area contributed by atoms with Crippen LogP contribution in [0.15, 0.2) is 18.2 Å². The third-order valence-electron chi connectivity index (χ3n) is 9.05. The van der Waals surface area contributed by atoms with Crippen molar-refractivity contribution in [1.82, 2.24) is 15.1 Å². The molecule has 3 aliphatic rings. The Kier molecular flexibility index (Phi) is 8.32. The van der Waals surface area contributed by atoms with E-state index < -0.39 is 17.0 Å². The van der Waals surface area contributed by atoms with E-state index in [1.54, 1.807) is 0 Å². The van der Waals surface area contributed by atoms with Crippen LogP contribution in [0.1, 0.15) is 91.0 Å². The van der Waals surface area contributed by atoms with E-state index in [-0.39, 0.29) is 35.2 Å². The molecule has 0 bridgehead atoms. The average molecular weight is 518 g/mol. The summed E-state index contributed by atoms with van der Waals surface area (Å²) >= 11 is 0. The highest BCUT2D eigenvalue weighted by atomic mass is 19.1. The van der Waals surface area contributed by atoms with Crippen LogP contribution in [0.4, 0.5) is 8.78 Å². The molecular formula is C30H45F2N3O2. The molecule has 206 valence electrons. The summed E-state index contributed by atoms with van der Waals surface area (Å²) in [7, 11) is 0. The maximum Gasteiger partial charge on any atom is 0.227 e. The monoisotopic (exact) mass is 517 g/mol. The Labute approximate surface area is 221 Å². The number of halogens is 2. The highest BCUT2D eigenvalue weighted by Gasteiger charge is 2.50. The number of benzene rings is 1. The topological polar surface area (TPSA) is 52.7 Å². The first-order chi connectivity index (χ1) is 17.4. The second-order valence-corrected chi connectivity index (χ2v) is 12.9. The lowest BCUT2D eigenvalue weighted by molar-refractivity contribution is -0.148. The minimum absolute atomic E-state index is 0.0327. The van der Waals surface area contributed by atoms with Gasteiger partial charge in [-0.15, -0.1) is 0 Å². The molecule has 2 heterocycles. The summed E-state index contributed by atoms with van der Waals surface area (Å²) in [4.78, 5) is 31.7. The molecule has 4 rings (SSSR count). The van der Waals surface area contributed by atoms with E-state index in [1.165, 1.54) is 18.6 Å².